The molecule has 0 bridgehead atoms. The Morgan fingerprint density at radius 1 is 0.617 bits per heavy atom. The van der Waals surface area contributed by atoms with Gasteiger partial charge in [0.05, 0.1) is 15.9 Å². The zero-order valence-corrected chi connectivity index (χ0v) is 26.7. The molecule has 2 aromatic heterocycles. The summed E-state index contributed by atoms with van der Waals surface area (Å²) in [7, 11) is 0. The first-order valence-electron chi connectivity index (χ1n) is 15.9. The Balaban J connectivity index is 1.37. The molecular weight excluding hydrogens is 589 g/mol. The Hall–Kier alpha value is -5.77. The number of hydrogen-bond donors (Lipinski definition) is 0. The first-order valence-corrected chi connectivity index (χ1v) is 16.7. The smallest absolute Gasteiger partial charge is 0.0887 e. The van der Waals surface area contributed by atoms with Crippen LogP contribution in [0.3, 0.4) is 0 Å². The fourth-order valence-corrected chi connectivity index (χ4v) is 7.76. The van der Waals surface area contributed by atoms with Crippen LogP contribution in [0.15, 0.2) is 188 Å². The Bertz CT molecular complexity index is 2370. The van der Waals surface area contributed by atoms with Gasteiger partial charge < -0.3 is 4.90 Å². The fourth-order valence-electron chi connectivity index (χ4n) is 6.54. The summed E-state index contributed by atoms with van der Waals surface area (Å²) in [4.78, 5) is 7.25. The maximum atomic E-state index is 4.96. The van der Waals surface area contributed by atoms with Gasteiger partial charge in [-0.05, 0) is 76.7 Å². The van der Waals surface area contributed by atoms with E-state index < -0.39 is 0 Å². The summed E-state index contributed by atoms with van der Waals surface area (Å²) in [5.74, 6) is 0. The van der Waals surface area contributed by atoms with Crippen LogP contribution in [0.2, 0.25) is 0 Å². The third-order valence-corrected chi connectivity index (χ3v) is 9.83. The number of rotatable bonds is 5. The molecule has 0 saturated heterocycles. The molecule has 1 aliphatic carbocycles. The van der Waals surface area contributed by atoms with Crippen molar-refractivity contribution < 1.29 is 0 Å². The zero-order chi connectivity index (χ0) is 31.6. The van der Waals surface area contributed by atoms with Gasteiger partial charge in [-0.1, -0.05) is 128 Å². The topological polar surface area (TPSA) is 16.1 Å². The van der Waals surface area contributed by atoms with Crippen LogP contribution in [0.1, 0.15) is 6.42 Å². The number of aromatic nitrogens is 1. The van der Waals surface area contributed by atoms with Crippen LogP contribution in [-0.2, 0) is 0 Å². The SMILES string of the molecule is C=C1/C=C\C=C/C/C=C\C=C/1N(c1ccccc1)c1ccc(-c2c(-c3ccccc3)c3cccnc3c3sc4ccccc4c23)cc1. The number of fused-ring (bicyclic) bond motifs is 5. The molecule has 0 atom stereocenters. The van der Waals surface area contributed by atoms with E-state index in [2.05, 4.69) is 175 Å². The van der Waals surface area contributed by atoms with E-state index in [1.807, 2.05) is 17.5 Å². The Labute approximate surface area is 279 Å². The molecule has 0 amide bonds. The summed E-state index contributed by atoms with van der Waals surface area (Å²) in [6, 6.07) is 43.3. The van der Waals surface area contributed by atoms with Gasteiger partial charge in [-0.3, -0.25) is 4.98 Å². The van der Waals surface area contributed by atoms with Crippen LogP contribution in [-0.4, -0.2) is 4.98 Å². The van der Waals surface area contributed by atoms with E-state index in [0.717, 1.165) is 34.6 Å². The number of para-hydroxylation sites is 1. The monoisotopic (exact) mass is 620 g/mol. The van der Waals surface area contributed by atoms with E-state index >= 15 is 0 Å². The third-order valence-electron chi connectivity index (χ3n) is 8.66. The molecule has 8 rings (SSSR count). The van der Waals surface area contributed by atoms with Crippen LogP contribution >= 0.6 is 11.3 Å². The van der Waals surface area contributed by atoms with Gasteiger partial charge in [-0.15, -0.1) is 11.3 Å². The van der Waals surface area contributed by atoms with Crippen LogP contribution in [0, 0.1) is 0 Å². The largest absolute Gasteiger partial charge is 0.310 e. The number of pyridine rings is 1. The molecule has 0 fully saturated rings. The number of hydrogen-bond acceptors (Lipinski definition) is 3. The Morgan fingerprint density at radius 2 is 1.30 bits per heavy atom. The van der Waals surface area contributed by atoms with E-state index in [0.29, 0.717) is 0 Å². The highest BCUT2D eigenvalue weighted by Crippen LogP contribution is 2.49. The van der Waals surface area contributed by atoms with Gasteiger partial charge in [0.25, 0.3) is 0 Å². The highest BCUT2D eigenvalue weighted by molar-refractivity contribution is 7.26. The van der Waals surface area contributed by atoms with Gasteiger partial charge in [0.2, 0.25) is 0 Å². The summed E-state index contributed by atoms with van der Waals surface area (Å²) < 4.78 is 2.49. The van der Waals surface area contributed by atoms with Gasteiger partial charge in [-0.2, -0.15) is 0 Å². The van der Waals surface area contributed by atoms with Crippen LogP contribution in [0.25, 0.3) is 53.3 Å². The third kappa shape index (κ3) is 5.31. The highest BCUT2D eigenvalue weighted by Gasteiger charge is 2.22. The predicted octanol–water partition coefficient (Wildman–Crippen LogP) is 12.6. The lowest BCUT2D eigenvalue weighted by Gasteiger charge is -2.29. The second-order valence-corrected chi connectivity index (χ2v) is 12.6. The summed E-state index contributed by atoms with van der Waals surface area (Å²) in [6.45, 7) is 4.47. The lowest BCUT2D eigenvalue weighted by atomic mass is 9.87. The van der Waals surface area contributed by atoms with Gasteiger partial charge >= 0.3 is 0 Å². The van der Waals surface area contributed by atoms with Crippen LogP contribution < -0.4 is 4.90 Å². The molecule has 3 heteroatoms. The van der Waals surface area contributed by atoms with E-state index in [1.54, 1.807) is 0 Å². The van der Waals surface area contributed by atoms with E-state index in [-0.39, 0.29) is 0 Å². The molecule has 1 aliphatic rings. The quantitative estimate of drug-likeness (QED) is 0.190. The molecule has 0 saturated carbocycles. The Kier molecular flexibility index (Phi) is 7.66. The molecule has 224 valence electrons. The average Bonchev–Trinajstić information content (AvgIpc) is 3.52. The standard InChI is InChI=1S/C44H32N2S/c1-31-17-8-4-2-3-5-13-24-38(31)46(34-20-11-7-12-21-34)35-28-26-33(27-29-35)41-40(32-18-9-6-10-19-32)37-23-16-30-45-43(37)44-42(41)36-22-14-15-25-39(36)47-44/h2,4-30H,1,3H2/b4-2-,13-5-,17-8-,38-24+. The second-order valence-electron chi connectivity index (χ2n) is 11.6. The number of benzene rings is 5. The van der Waals surface area contributed by atoms with Crippen molar-refractivity contribution in [2.75, 3.05) is 4.90 Å². The van der Waals surface area contributed by atoms with Gasteiger partial charge in [0.15, 0.2) is 0 Å². The molecule has 7 aromatic rings. The molecular formula is C44H32N2S. The first-order chi connectivity index (χ1) is 23.3. The minimum absolute atomic E-state index is 0.886. The molecule has 2 heterocycles. The normalized spacial score (nSPS) is 16.5. The van der Waals surface area contributed by atoms with Crippen LogP contribution in [0.4, 0.5) is 11.4 Å². The molecule has 2 nitrogen and oxygen atoms in total. The summed E-state index contributed by atoms with van der Waals surface area (Å²) >= 11 is 1.83. The summed E-state index contributed by atoms with van der Waals surface area (Å²) in [6.07, 6.45) is 17.6. The minimum Gasteiger partial charge on any atom is -0.310 e. The number of allylic oxidation sites excluding steroid dienone is 7. The van der Waals surface area contributed by atoms with Crippen molar-refractivity contribution in [2.45, 2.75) is 6.42 Å². The lowest BCUT2D eigenvalue weighted by molar-refractivity contribution is 1.18. The summed E-state index contributed by atoms with van der Waals surface area (Å²) in [5.41, 5.74) is 9.97. The average molecular weight is 621 g/mol. The van der Waals surface area contributed by atoms with E-state index in [4.69, 9.17) is 4.98 Å². The highest BCUT2D eigenvalue weighted by atomic mass is 32.1. The van der Waals surface area contributed by atoms with Crippen molar-refractivity contribution in [3.05, 3.63) is 188 Å². The number of anilines is 2. The van der Waals surface area contributed by atoms with Crippen molar-refractivity contribution in [2.24, 2.45) is 0 Å². The zero-order valence-electron chi connectivity index (χ0n) is 25.9. The Morgan fingerprint density at radius 3 is 2.13 bits per heavy atom. The van der Waals surface area contributed by atoms with Crippen molar-refractivity contribution in [1.29, 1.82) is 0 Å². The molecule has 47 heavy (non-hydrogen) atoms. The molecule has 0 N–H and O–H groups in total. The van der Waals surface area contributed by atoms with Crippen molar-refractivity contribution >= 4 is 53.8 Å². The van der Waals surface area contributed by atoms with Gasteiger partial charge in [-0.25, -0.2) is 0 Å². The maximum Gasteiger partial charge on any atom is 0.0887 e. The molecule has 0 aliphatic heterocycles. The predicted molar refractivity (Wildman–Crippen MR) is 203 cm³/mol. The van der Waals surface area contributed by atoms with Gasteiger partial charge in [0, 0.05) is 38.4 Å². The minimum atomic E-state index is 0.886. The summed E-state index contributed by atoms with van der Waals surface area (Å²) in [5, 5.41) is 3.69. The lowest BCUT2D eigenvalue weighted by Crippen LogP contribution is -2.17. The first kappa shape index (κ1) is 28.7. The van der Waals surface area contributed by atoms with Gasteiger partial charge in [0.1, 0.15) is 0 Å². The number of thiophene rings is 1. The molecule has 0 unspecified atom stereocenters. The molecule has 0 radical (unpaired) electrons. The molecule has 5 aromatic carbocycles. The van der Waals surface area contributed by atoms with E-state index in [9.17, 15) is 0 Å². The second kappa shape index (κ2) is 12.6. The number of nitrogens with zero attached hydrogens (tertiary/aromatic N) is 2. The van der Waals surface area contributed by atoms with Crippen molar-refractivity contribution in [3.63, 3.8) is 0 Å². The maximum absolute atomic E-state index is 4.96. The van der Waals surface area contributed by atoms with E-state index in [1.165, 1.54) is 47.8 Å². The fraction of sp³-hybridized carbons (Fsp3) is 0.0227. The van der Waals surface area contributed by atoms with Crippen LogP contribution in [0.5, 0.6) is 0 Å². The molecule has 0 spiro atoms. The van der Waals surface area contributed by atoms with Crippen molar-refractivity contribution in [1.82, 2.24) is 4.98 Å². The van der Waals surface area contributed by atoms with Crippen molar-refractivity contribution in [3.8, 4) is 22.3 Å².